The molecule has 2 N–H and O–H groups in total. The molecule has 4 nitrogen and oxygen atoms in total. The standard InChI is InChI=1S/C23H29NO3/c1-22(2)24-19(18-4-3-14(13-25)8-20(18)27-22)9-21(26)23-10-15-5-16(11-23)7-17(6-15)12-23/h3-4,8-9,15-17,24-25H,5-7,10-13H2,1-2H3/b19-9+. The maximum atomic E-state index is 13.5. The molecular weight excluding hydrogens is 338 g/mol. The zero-order chi connectivity index (χ0) is 18.8. The Morgan fingerprint density at radius 2 is 1.81 bits per heavy atom. The fourth-order valence-electron chi connectivity index (χ4n) is 6.47. The molecule has 0 radical (unpaired) electrons. The zero-order valence-corrected chi connectivity index (χ0v) is 16.3. The highest BCUT2D eigenvalue weighted by Gasteiger charge is 2.54. The van der Waals surface area contributed by atoms with Crippen LogP contribution in [0.1, 0.15) is 63.5 Å². The van der Waals surface area contributed by atoms with Crippen LogP contribution in [-0.2, 0) is 11.4 Å². The first kappa shape index (κ1) is 17.3. The summed E-state index contributed by atoms with van der Waals surface area (Å²) in [6.45, 7) is 3.91. The summed E-state index contributed by atoms with van der Waals surface area (Å²) in [5.41, 5.74) is 1.86. The molecule has 4 aliphatic carbocycles. The molecule has 4 saturated carbocycles. The number of nitrogens with one attached hydrogen (secondary N) is 1. The second-order valence-corrected chi connectivity index (χ2v) is 9.85. The third kappa shape index (κ3) is 2.89. The van der Waals surface area contributed by atoms with Gasteiger partial charge in [-0.05, 0) is 87.8 Å². The van der Waals surface area contributed by atoms with Crippen molar-refractivity contribution in [2.45, 2.75) is 64.7 Å². The van der Waals surface area contributed by atoms with E-state index in [1.807, 2.05) is 38.1 Å². The van der Waals surface area contributed by atoms with Gasteiger partial charge in [0.15, 0.2) is 11.5 Å². The molecule has 144 valence electrons. The highest BCUT2D eigenvalue weighted by Crippen LogP contribution is 2.60. The molecule has 5 aliphatic rings. The summed E-state index contributed by atoms with van der Waals surface area (Å²) >= 11 is 0. The van der Waals surface area contributed by atoms with Gasteiger partial charge in [0.25, 0.3) is 0 Å². The minimum atomic E-state index is -0.589. The van der Waals surface area contributed by atoms with Crippen molar-refractivity contribution < 1.29 is 14.6 Å². The Morgan fingerprint density at radius 3 is 2.41 bits per heavy atom. The van der Waals surface area contributed by atoms with Crippen LogP contribution >= 0.6 is 0 Å². The summed E-state index contributed by atoms with van der Waals surface area (Å²) in [6, 6.07) is 5.72. The minimum Gasteiger partial charge on any atom is -0.468 e. The summed E-state index contributed by atoms with van der Waals surface area (Å²) < 4.78 is 6.05. The van der Waals surface area contributed by atoms with Crippen LogP contribution < -0.4 is 10.1 Å². The Hall–Kier alpha value is -1.81. The first-order chi connectivity index (χ1) is 12.9. The van der Waals surface area contributed by atoms with Gasteiger partial charge in [-0.3, -0.25) is 4.79 Å². The van der Waals surface area contributed by atoms with Gasteiger partial charge in [-0.25, -0.2) is 0 Å². The number of rotatable bonds is 3. The molecular formula is C23H29NO3. The van der Waals surface area contributed by atoms with E-state index in [2.05, 4.69) is 5.32 Å². The number of benzene rings is 1. The van der Waals surface area contributed by atoms with Crippen LogP contribution in [0.4, 0.5) is 0 Å². The molecule has 27 heavy (non-hydrogen) atoms. The van der Waals surface area contributed by atoms with Crippen molar-refractivity contribution in [2.24, 2.45) is 23.2 Å². The van der Waals surface area contributed by atoms with Crippen molar-refractivity contribution in [1.29, 1.82) is 0 Å². The number of aliphatic hydroxyl groups is 1. The number of aliphatic hydroxyl groups excluding tert-OH is 1. The Labute approximate surface area is 161 Å². The van der Waals surface area contributed by atoms with Gasteiger partial charge in [0.1, 0.15) is 5.75 Å². The molecule has 4 heteroatoms. The summed E-state index contributed by atoms with van der Waals surface area (Å²) in [5.74, 6) is 3.32. The van der Waals surface area contributed by atoms with Crippen molar-refractivity contribution in [1.82, 2.24) is 5.32 Å². The number of hydrogen-bond donors (Lipinski definition) is 2. The van der Waals surface area contributed by atoms with E-state index in [4.69, 9.17) is 4.74 Å². The predicted molar refractivity (Wildman–Crippen MR) is 104 cm³/mol. The maximum absolute atomic E-state index is 13.5. The van der Waals surface area contributed by atoms with Crippen molar-refractivity contribution in [3.63, 3.8) is 0 Å². The number of allylic oxidation sites excluding steroid dienone is 1. The van der Waals surface area contributed by atoms with E-state index in [1.54, 1.807) is 0 Å². The van der Waals surface area contributed by atoms with Gasteiger partial charge >= 0.3 is 0 Å². The van der Waals surface area contributed by atoms with Crippen LogP contribution in [0, 0.1) is 23.2 Å². The van der Waals surface area contributed by atoms with E-state index in [1.165, 1.54) is 19.3 Å². The highest BCUT2D eigenvalue weighted by atomic mass is 16.5. The van der Waals surface area contributed by atoms with Gasteiger partial charge in [0, 0.05) is 17.1 Å². The lowest BCUT2D eigenvalue weighted by atomic mass is 9.48. The van der Waals surface area contributed by atoms with Crippen molar-refractivity contribution in [3.05, 3.63) is 35.4 Å². The number of carbonyl (C=O) groups excluding carboxylic acids is 1. The van der Waals surface area contributed by atoms with Crippen molar-refractivity contribution in [3.8, 4) is 5.75 Å². The largest absolute Gasteiger partial charge is 0.468 e. The van der Waals surface area contributed by atoms with Crippen LogP contribution in [-0.4, -0.2) is 16.6 Å². The first-order valence-corrected chi connectivity index (χ1v) is 10.3. The smallest absolute Gasteiger partial charge is 0.175 e. The van der Waals surface area contributed by atoms with E-state index in [0.717, 1.165) is 59.6 Å². The summed E-state index contributed by atoms with van der Waals surface area (Å²) in [4.78, 5) is 13.5. The van der Waals surface area contributed by atoms with Gasteiger partial charge in [0.05, 0.1) is 12.3 Å². The van der Waals surface area contributed by atoms with Crippen LogP contribution in [0.3, 0.4) is 0 Å². The molecule has 0 unspecified atom stereocenters. The molecule has 4 fully saturated rings. The van der Waals surface area contributed by atoms with Gasteiger partial charge in [-0.2, -0.15) is 0 Å². The molecule has 4 bridgehead atoms. The van der Waals surface area contributed by atoms with Gasteiger partial charge in [0.2, 0.25) is 0 Å². The molecule has 0 amide bonds. The van der Waals surface area contributed by atoms with Crippen molar-refractivity contribution >= 4 is 11.5 Å². The SMILES string of the molecule is CC1(C)N/C(=C/C(=O)C23CC4CC(CC(C4)C2)C3)c2ccc(CO)cc2O1. The molecule has 1 aliphatic heterocycles. The third-order valence-corrected chi connectivity index (χ3v) is 7.16. The Balaban J connectivity index is 1.51. The quantitative estimate of drug-likeness (QED) is 0.792. The van der Waals surface area contributed by atoms with Crippen LogP contribution in [0.5, 0.6) is 5.75 Å². The van der Waals surface area contributed by atoms with E-state index in [0.29, 0.717) is 5.78 Å². The number of ether oxygens (including phenoxy) is 1. The van der Waals surface area contributed by atoms with E-state index in [-0.39, 0.29) is 12.0 Å². The average molecular weight is 367 g/mol. The molecule has 0 aromatic heterocycles. The van der Waals surface area contributed by atoms with Crippen LogP contribution in [0.2, 0.25) is 0 Å². The number of hydrogen-bond acceptors (Lipinski definition) is 4. The van der Waals surface area contributed by atoms with Crippen LogP contribution in [0.25, 0.3) is 5.70 Å². The normalized spacial score (nSPS) is 36.9. The molecule has 0 atom stereocenters. The monoisotopic (exact) mass is 367 g/mol. The lowest BCUT2D eigenvalue weighted by Gasteiger charge is -2.55. The van der Waals surface area contributed by atoms with Gasteiger partial charge in [-0.15, -0.1) is 0 Å². The molecule has 1 heterocycles. The first-order valence-electron chi connectivity index (χ1n) is 10.3. The van der Waals surface area contributed by atoms with Crippen LogP contribution in [0.15, 0.2) is 24.3 Å². The second kappa shape index (κ2) is 5.84. The van der Waals surface area contributed by atoms with Crippen molar-refractivity contribution in [2.75, 3.05) is 0 Å². The third-order valence-electron chi connectivity index (χ3n) is 7.16. The van der Waals surface area contributed by atoms with E-state index < -0.39 is 5.72 Å². The number of ketones is 1. The lowest BCUT2D eigenvalue weighted by molar-refractivity contribution is -0.138. The molecule has 1 aromatic rings. The number of carbonyl (C=O) groups is 1. The van der Waals surface area contributed by atoms with E-state index in [9.17, 15) is 9.90 Å². The highest BCUT2D eigenvalue weighted by molar-refractivity contribution is 6.01. The summed E-state index contributed by atoms with van der Waals surface area (Å²) in [7, 11) is 0. The fourth-order valence-corrected chi connectivity index (χ4v) is 6.47. The summed E-state index contributed by atoms with van der Waals surface area (Å²) in [5, 5.41) is 12.8. The number of fused-ring (bicyclic) bond motifs is 1. The predicted octanol–water partition coefficient (Wildman–Crippen LogP) is 4.02. The van der Waals surface area contributed by atoms with Gasteiger partial charge in [-0.1, -0.05) is 6.07 Å². The fraction of sp³-hybridized carbons (Fsp3) is 0.609. The summed E-state index contributed by atoms with van der Waals surface area (Å²) in [6.07, 6.45) is 9.13. The molecule has 6 rings (SSSR count). The minimum absolute atomic E-state index is 0.0181. The molecule has 0 spiro atoms. The maximum Gasteiger partial charge on any atom is 0.175 e. The Bertz CT molecular complexity index is 788. The molecule has 0 saturated heterocycles. The van der Waals surface area contributed by atoms with E-state index >= 15 is 0 Å². The molecule has 1 aromatic carbocycles. The topological polar surface area (TPSA) is 58.6 Å². The Morgan fingerprint density at radius 1 is 1.19 bits per heavy atom. The average Bonchev–Trinajstić information content (AvgIpc) is 2.59. The zero-order valence-electron chi connectivity index (χ0n) is 16.3. The van der Waals surface area contributed by atoms with Gasteiger partial charge < -0.3 is 15.2 Å². The second-order valence-electron chi connectivity index (χ2n) is 9.85. The Kier molecular flexibility index (Phi) is 3.74. The lowest BCUT2D eigenvalue weighted by Crippen LogP contribution is -2.50.